The predicted octanol–water partition coefficient (Wildman–Crippen LogP) is 0.580. The number of carbonyl (C=O) groups is 1. The van der Waals surface area contributed by atoms with E-state index >= 15 is 0 Å². The van der Waals surface area contributed by atoms with Crippen LogP contribution in [0.3, 0.4) is 0 Å². The number of carboxylic acids is 1. The molecule has 0 aromatic carbocycles. The summed E-state index contributed by atoms with van der Waals surface area (Å²) in [7, 11) is 0. The summed E-state index contributed by atoms with van der Waals surface area (Å²) in [5, 5.41) is 8.33. The van der Waals surface area contributed by atoms with E-state index in [0.29, 0.717) is 0 Å². The van der Waals surface area contributed by atoms with E-state index in [4.69, 9.17) is 5.11 Å². The Bertz CT molecular complexity index is 208. The molecule has 0 saturated carbocycles. The molecule has 45 valence electrons. The van der Waals surface area contributed by atoms with Crippen molar-refractivity contribution in [3.05, 3.63) is 30.1 Å². The van der Waals surface area contributed by atoms with E-state index in [-0.39, 0.29) is 5.56 Å². The smallest absolute Gasteiger partial charge is 0.337 e. The van der Waals surface area contributed by atoms with Gasteiger partial charge in [0, 0.05) is 6.20 Å². The number of rotatable bonds is 1. The zero-order chi connectivity index (χ0) is 6.69. The Labute approximate surface area is 52.0 Å². The van der Waals surface area contributed by atoms with Crippen LogP contribution in [0, 0.1) is 6.20 Å². The van der Waals surface area contributed by atoms with Gasteiger partial charge in [0.15, 0.2) is 0 Å². The van der Waals surface area contributed by atoms with Crippen molar-refractivity contribution in [2.75, 3.05) is 0 Å². The molecule has 1 N–H and O–H groups in total. The minimum absolute atomic E-state index is 0.189. The van der Waals surface area contributed by atoms with Gasteiger partial charge in [-0.15, -0.1) is 0 Å². The van der Waals surface area contributed by atoms with E-state index in [1.807, 2.05) is 0 Å². The highest BCUT2D eigenvalue weighted by Gasteiger charge is 1.97. The summed E-state index contributed by atoms with van der Waals surface area (Å²) in [6, 6.07) is 2.90. The van der Waals surface area contributed by atoms with Gasteiger partial charge < -0.3 is 5.11 Å². The summed E-state index contributed by atoms with van der Waals surface area (Å²) in [6.45, 7) is 0. The molecular weight excluding hydrogens is 118 g/mol. The average molecular weight is 122 g/mol. The Morgan fingerprint density at radius 2 is 2.56 bits per heavy atom. The molecule has 0 atom stereocenters. The van der Waals surface area contributed by atoms with E-state index in [2.05, 4.69) is 11.2 Å². The molecule has 0 bridgehead atoms. The number of carboxylic acid groups (broad SMARTS) is 1. The Morgan fingerprint density at radius 3 is 2.89 bits per heavy atom. The fourth-order valence-corrected chi connectivity index (χ4v) is 0.446. The summed E-state index contributed by atoms with van der Waals surface area (Å²) in [6.07, 6.45) is 3.73. The van der Waals surface area contributed by atoms with Crippen LogP contribution in [0.25, 0.3) is 0 Å². The quantitative estimate of drug-likeness (QED) is 0.592. The molecule has 1 heterocycles. The van der Waals surface area contributed by atoms with Gasteiger partial charge in [-0.25, -0.2) is 4.79 Å². The van der Waals surface area contributed by atoms with E-state index in [0.717, 1.165) is 0 Å². The molecule has 9 heavy (non-hydrogen) atoms. The van der Waals surface area contributed by atoms with Crippen molar-refractivity contribution in [3.63, 3.8) is 0 Å². The predicted molar refractivity (Wildman–Crippen MR) is 30.0 cm³/mol. The molecule has 3 nitrogen and oxygen atoms in total. The lowest BCUT2D eigenvalue weighted by atomic mass is 10.3. The van der Waals surface area contributed by atoms with Gasteiger partial charge in [-0.1, -0.05) is 0 Å². The molecular formula is C6H4NO2. The van der Waals surface area contributed by atoms with Gasteiger partial charge in [0.1, 0.15) is 0 Å². The zero-order valence-electron chi connectivity index (χ0n) is 4.53. The number of hydrogen-bond donors (Lipinski definition) is 1. The van der Waals surface area contributed by atoms with Crippen molar-refractivity contribution in [1.29, 1.82) is 0 Å². The molecule has 0 spiro atoms. The minimum atomic E-state index is -0.962. The van der Waals surface area contributed by atoms with Crippen LogP contribution in [0.15, 0.2) is 18.3 Å². The first-order valence-corrected chi connectivity index (χ1v) is 2.36. The Hall–Kier alpha value is -1.38. The van der Waals surface area contributed by atoms with Gasteiger partial charge in [0.05, 0.1) is 11.8 Å². The van der Waals surface area contributed by atoms with Gasteiger partial charge >= 0.3 is 5.97 Å². The molecule has 0 fully saturated rings. The third kappa shape index (κ3) is 1.25. The molecule has 0 aliphatic rings. The number of aromatic nitrogens is 1. The van der Waals surface area contributed by atoms with Crippen LogP contribution in [-0.2, 0) is 0 Å². The molecule has 0 aliphatic carbocycles. The summed E-state index contributed by atoms with van der Waals surface area (Å²) >= 11 is 0. The van der Waals surface area contributed by atoms with Crippen molar-refractivity contribution in [1.82, 2.24) is 4.98 Å². The highest BCUT2D eigenvalue weighted by molar-refractivity contribution is 5.86. The maximum atomic E-state index is 10.1. The lowest BCUT2D eigenvalue weighted by molar-refractivity contribution is 0.0696. The third-order valence-electron chi connectivity index (χ3n) is 0.863. The number of nitrogens with zero attached hydrogens (tertiary/aromatic N) is 1. The second kappa shape index (κ2) is 2.26. The van der Waals surface area contributed by atoms with Gasteiger partial charge in [-0.3, -0.25) is 4.98 Å². The third-order valence-corrected chi connectivity index (χ3v) is 0.863. The van der Waals surface area contributed by atoms with Crippen molar-refractivity contribution >= 4 is 5.97 Å². The maximum Gasteiger partial charge on any atom is 0.337 e. The minimum Gasteiger partial charge on any atom is -0.478 e. The van der Waals surface area contributed by atoms with E-state index in [9.17, 15) is 4.79 Å². The van der Waals surface area contributed by atoms with Crippen LogP contribution in [0.1, 0.15) is 10.4 Å². The summed E-state index contributed by atoms with van der Waals surface area (Å²) in [5.74, 6) is -0.962. The summed E-state index contributed by atoms with van der Waals surface area (Å²) < 4.78 is 0. The standard InChI is InChI=1S/C6H4NO2/c8-6(9)5-2-1-3-7-4-5/h1-2,4H,(H,8,9). The Balaban J connectivity index is 2.98. The van der Waals surface area contributed by atoms with E-state index in [1.54, 1.807) is 0 Å². The van der Waals surface area contributed by atoms with Crippen molar-refractivity contribution in [2.24, 2.45) is 0 Å². The first-order chi connectivity index (χ1) is 4.30. The largest absolute Gasteiger partial charge is 0.478 e. The molecule has 1 aromatic heterocycles. The van der Waals surface area contributed by atoms with Crippen LogP contribution in [0.5, 0.6) is 0 Å². The summed E-state index contributed by atoms with van der Waals surface area (Å²) in [4.78, 5) is 13.6. The van der Waals surface area contributed by atoms with Crippen LogP contribution < -0.4 is 0 Å². The van der Waals surface area contributed by atoms with Crippen LogP contribution in [-0.4, -0.2) is 16.1 Å². The van der Waals surface area contributed by atoms with Crippen LogP contribution in [0.4, 0.5) is 0 Å². The highest BCUT2D eigenvalue weighted by Crippen LogP contribution is 1.92. The van der Waals surface area contributed by atoms with Crippen LogP contribution >= 0.6 is 0 Å². The lowest BCUT2D eigenvalue weighted by Crippen LogP contribution is -1.95. The summed E-state index contributed by atoms with van der Waals surface area (Å²) in [5.41, 5.74) is 0.189. The first kappa shape index (κ1) is 5.75. The SMILES string of the molecule is O=C(O)c1cc[c]nc1. The Morgan fingerprint density at radius 1 is 1.78 bits per heavy atom. The normalized spacial score (nSPS) is 8.89. The van der Waals surface area contributed by atoms with Gasteiger partial charge in [-0.05, 0) is 12.1 Å². The first-order valence-electron chi connectivity index (χ1n) is 2.36. The van der Waals surface area contributed by atoms with Crippen molar-refractivity contribution < 1.29 is 9.90 Å². The molecule has 0 saturated heterocycles. The van der Waals surface area contributed by atoms with E-state index < -0.39 is 5.97 Å². The molecule has 0 unspecified atom stereocenters. The van der Waals surface area contributed by atoms with Gasteiger partial charge in [0.2, 0.25) is 0 Å². The fraction of sp³-hybridized carbons (Fsp3) is 0. The molecule has 0 aliphatic heterocycles. The maximum absolute atomic E-state index is 10.1. The number of aromatic carboxylic acids is 1. The molecule has 0 amide bonds. The molecule has 3 heteroatoms. The Kier molecular flexibility index (Phi) is 1.44. The fourth-order valence-electron chi connectivity index (χ4n) is 0.446. The molecule has 1 radical (unpaired) electrons. The monoisotopic (exact) mass is 122 g/mol. The molecule has 1 aromatic rings. The second-order valence-corrected chi connectivity index (χ2v) is 1.48. The lowest BCUT2D eigenvalue weighted by Gasteiger charge is -1.87. The number of pyridine rings is 1. The van der Waals surface area contributed by atoms with Crippen molar-refractivity contribution in [3.8, 4) is 0 Å². The van der Waals surface area contributed by atoms with Gasteiger partial charge in [-0.2, -0.15) is 0 Å². The van der Waals surface area contributed by atoms with Gasteiger partial charge in [0.25, 0.3) is 0 Å². The molecule has 1 rings (SSSR count). The second-order valence-electron chi connectivity index (χ2n) is 1.48. The highest BCUT2D eigenvalue weighted by atomic mass is 16.4. The zero-order valence-corrected chi connectivity index (χ0v) is 4.53. The van der Waals surface area contributed by atoms with Crippen LogP contribution in [0.2, 0.25) is 0 Å². The average Bonchev–Trinajstić information content (AvgIpc) is 1.90. The van der Waals surface area contributed by atoms with E-state index in [1.165, 1.54) is 18.3 Å². The number of hydrogen-bond acceptors (Lipinski definition) is 2. The van der Waals surface area contributed by atoms with Crippen molar-refractivity contribution in [2.45, 2.75) is 0 Å². The topological polar surface area (TPSA) is 50.2 Å².